The van der Waals surface area contributed by atoms with E-state index in [0.29, 0.717) is 0 Å². The molecule has 4 rings (SSSR count). The molecule has 0 bridgehead atoms. The molecule has 0 aliphatic rings. The standard InChI is InChI=1S/4C7H7.Fe/c4*1-7-5-3-2-4-6-7;/h4*3-6H,1H3;. The molecule has 0 heterocycles. The fourth-order valence-corrected chi connectivity index (χ4v) is 8.68. The van der Waals surface area contributed by atoms with Crippen LogP contribution in [-0.2, 0) is 12.8 Å². The van der Waals surface area contributed by atoms with Crippen molar-refractivity contribution in [2.75, 3.05) is 0 Å². The molecule has 1 heteroatoms. The summed E-state index contributed by atoms with van der Waals surface area (Å²) >= 11 is -2.19. The van der Waals surface area contributed by atoms with Gasteiger partial charge in [0, 0.05) is 0 Å². The molecule has 0 fully saturated rings. The molecule has 0 aliphatic heterocycles. The van der Waals surface area contributed by atoms with Gasteiger partial charge in [0.25, 0.3) is 0 Å². The summed E-state index contributed by atoms with van der Waals surface area (Å²) in [4.78, 5) is 0. The fourth-order valence-electron chi connectivity index (χ4n) is 3.53. The third-order valence-electron chi connectivity index (χ3n) is 5.24. The van der Waals surface area contributed by atoms with Gasteiger partial charge < -0.3 is 0 Å². The summed E-state index contributed by atoms with van der Waals surface area (Å²) in [6.45, 7) is 8.65. The Hall–Kier alpha value is -2.60. The van der Waals surface area contributed by atoms with Crippen LogP contribution in [0.5, 0.6) is 0 Å². The van der Waals surface area contributed by atoms with Crippen LogP contribution in [-0.4, -0.2) is 0 Å². The van der Waals surface area contributed by atoms with E-state index in [1.165, 1.54) is 40.1 Å². The fraction of sp³-hybridized carbons (Fsp3) is 0.143. The molecule has 0 aromatic heterocycles. The first-order valence-electron chi connectivity index (χ1n) is 9.99. The molecule has 29 heavy (non-hydrogen) atoms. The maximum absolute atomic E-state index is 2.34. The van der Waals surface area contributed by atoms with Crippen LogP contribution in [0, 0.1) is 27.7 Å². The number of hydrogen-bond donors (Lipinski definition) is 0. The molecule has 0 saturated heterocycles. The summed E-state index contributed by atoms with van der Waals surface area (Å²) in [5.41, 5.74) is 5.19. The van der Waals surface area contributed by atoms with Gasteiger partial charge in [-0.15, -0.1) is 0 Å². The average molecular weight is 420 g/mol. The molecule has 0 nitrogen and oxygen atoms in total. The Morgan fingerprint density at radius 1 is 0.310 bits per heavy atom. The number of hydrogen-bond acceptors (Lipinski definition) is 0. The summed E-state index contributed by atoms with van der Waals surface area (Å²) in [6, 6.07) is 36.8. The number of aryl methyl sites for hydroxylation is 4. The van der Waals surface area contributed by atoms with Crippen molar-refractivity contribution in [2.24, 2.45) is 0 Å². The van der Waals surface area contributed by atoms with Gasteiger partial charge in [-0.3, -0.25) is 0 Å². The van der Waals surface area contributed by atoms with E-state index in [0.717, 1.165) is 0 Å². The molecule has 0 saturated carbocycles. The third kappa shape index (κ3) is 3.69. The van der Waals surface area contributed by atoms with Crippen LogP contribution >= 0.6 is 0 Å². The van der Waals surface area contributed by atoms with Crippen LogP contribution in [0.15, 0.2) is 97.1 Å². The quantitative estimate of drug-likeness (QED) is 0.421. The molecule has 0 atom stereocenters. The Labute approximate surface area is 177 Å². The zero-order valence-electron chi connectivity index (χ0n) is 17.6. The van der Waals surface area contributed by atoms with Crippen molar-refractivity contribution in [1.82, 2.24) is 0 Å². The van der Waals surface area contributed by atoms with Gasteiger partial charge in [0.1, 0.15) is 0 Å². The summed E-state index contributed by atoms with van der Waals surface area (Å²) < 4.78 is 5.67. The van der Waals surface area contributed by atoms with Crippen molar-refractivity contribution >= 4 is 17.8 Å². The number of benzene rings is 4. The molecule has 0 spiro atoms. The first-order valence-corrected chi connectivity index (χ1v) is 12.2. The molecule has 148 valence electrons. The first kappa shape index (κ1) is 19.7. The molecule has 0 unspecified atom stereocenters. The molecule has 0 N–H and O–H groups in total. The van der Waals surface area contributed by atoms with E-state index < -0.39 is 12.8 Å². The predicted molar refractivity (Wildman–Crippen MR) is 123 cm³/mol. The van der Waals surface area contributed by atoms with E-state index in [1.807, 2.05) is 0 Å². The van der Waals surface area contributed by atoms with Crippen LogP contribution in [0.4, 0.5) is 0 Å². The summed E-state index contributed by atoms with van der Waals surface area (Å²) in [6.07, 6.45) is 0. The van der Waals surface area contributed by atoms with E-state index in [4.69, 9.17) is 0 Å². The van der Waals surface area contributed by atoms with Crippen molar-refractivity contribution in [2.45, 2.75) is 27.7 Å². The summed E-state index contributed by atoms with van der Waals surface area (Å²) in [5.74, 6) is 0. The number of rotatable bonds is 4. The zero-order valence-corrected chi connectivity index (χ0v) is 18.7. The van der Waals surface area contributed by atoms with Gasteiger partial charge in [-0.05, 0) is 0 Å². The van der Waals surface area contributed by atoms with Crippen molar-refractivity contribution in [3.05, 3.63) is 119 Å². The molecule has 4 aromatic rings. The van der Waals surface area contributed by atoms with Crippen LogP contribution in [0.3, 0.4) is 0 Å². The van der Waals surface area contributed by atoms with Crippen LogP contribution in [0.25, 0.3) is 0 Å². The second kappa shape index (κ2) is 8.03. The van der Waals surface area contributed by atoms with Crippen molar-refractivity contribution in [3.63, 3.8) is 0 Å². The molecule has 0 radical (unpaired) electrons. The third-order valence-corrected chi connectivity index (χ3v) is 10.5. The van der Waals surface area contributed by atoms with Crippen LogP contribution < -0.4 is 17.8 Å². The Morgan fingerprint density at radius 2 is 0.483 bits per heavy atom. The van der Waals surface area contributed by atoms with Gasteiger partial charge in [0.2, 0.25) is 0 Å². The maximum atomic E-state index is 2.34. The molecule has 4 aromatic carbocycles. The van der Waals surface area contributed by atoms with Gasteiger partial charge in [-0.1, -0.05) is 0 Å². The van der Waals surface area contributed by atoms with E-state index >= 15 is 0 Å². The van der Waals surface area contributed by atoms with Crippen LogP contribution in [0.2, 0.25) is 0 Å². The Kier molecular flexibility index (Phi) is 5.45. The van der Waals surface area contributed by atoms with Gasteiger partial charge in [0.15, 0.2) is 0 Å². The predicted octanol–water partition coefficient (Wildman–Crippen LogP) is 4.68. The normalized spacial score (nSPS) is 12.0. The average Bonchev–Trinajstić information content (AvgIpc) is 2.73. The van der Waals surface area contributed by atoms with Crippen molar-refractivity contribution in [3.8, 4) is 0 Å². The van der Waals surface area contributed by atoms with Gasteiger partial charge in [0.05, 0.1) is 0 Å². The van der Waals surface area contributed by atoms with Crippen molar-refractivity contribution in [1.29, 1.82) is 0 Å². The second-order valence-electron chi connectivity index (χ2n) is 7.66. The molecular formula is C28H28Fe. The summed E-state index contributed by atoms with van der Waals surface area (Å²) in [7, 11) is 0. The monoisotopic (exact) mass is 420 g/mol. The minimum atomic E-state index is -2.19. The zero-order chi connectivity index (χ0) is 20.4. The second-order valence-corrected chi connectivity index (χ2v) is 11.9. The topological polar surface area (TPSA) is 0 Å². The van der Waals surface area contributed by atoms with Crippen LogP contribution in [0.1, 0.15) is 22.3 Å². The minimum absolute atomic E-state index is 1.30. The van der Waals surface area contributed by atoms with E-state index in [2.05, 4.69) is 125 Å². The van der Waals surface area contributed by atoms with Gasteiger partial charge >= 0.3 is 178 Å². The van der Waals surface area contributed by atoms with Gasteiger partial charge in [-0.2, -0.15) is 0 Å². The molecular weight excluding hydrogens is 392 g/mol. The van der Waals surface area contributed by atoms with E-state index in [1.54, 1.807) is 0 Å². The Bertz CT molecular complexity index is 900. The Morgan fingerprint density at radius 3 is 0.655 bits per heavy atom. The van der Waals surface area contributed by atoms with E-state index in [-0.39, 0.29) is 0 Å². The van der Waals surface area contributed by atoms with Crippen molar-refractivity contribution < 1.29 is 12.8 Å². The molecule has 0 amide bonds. The SMILES string of the molecule is Cc1cc[c]([Fe]([c]2ccc(C)cc2)([c]2ccc(C)cc2)[c]2ccc(C)cc2)cc1. The first-order chi connectivity index (χ1) is 14.0. The molecule has 0 aliphatic carbocycles. The van der Waals surface area contributed by atoms with Gasteiger partial charge in [-0.25, -0.2) is 0 Å². The summed E-state index contributed by atoms with van der Waals surface area (Å²) in [5, 5.41) is 0. The Balaban J connectivity index is 2.11. The van der Waals surface area contributed by atoms with E-state index in [9.17, 15) is 0 Å².